The third kappa shape index (κ3) is 4.15. The number of hydrogen-bond acceptors (Lipinski definition) is 4. The Hall–Kier alpha value is -3.83. The molecule has 3 aromatic carbocycles. The van der Waals surface area contributed by atoms with Crippen molar-refractivity contribution in [3.63, 3.8) is 0 Å². The van der Waals surface area contributed by atoms with Gasteiger partial charge < -0.3 is 9.80 Å². The lowest BCUT2D eigenvalue weighted by molar-refractivity contribution is 0.0664. The highest BCUT2D eigenvalue weighted by atomic mass is 16.2. The minimum absolute atomic E-state index is 0.0340. The summed E-state index contributed by atoms with van der Waals surface area (Å²) >= 11 is 0. The number of carbonyl (C=O) groups excluding carboxylic acids is 2. The predicted octanol–water partition coefficient (Wildman–Crippen LogP) is 4.77. The fourth-order valence-electron chi connectivity index (χ4n) is 4.44. The topological polar surface area (TPSA) is 53.5 Å². The molecule has 5 nitrogen and oxygen atoms in total. The molecule has 4 aromatic rings. The van der Waals surface area contributed by atoms with Gasteiger partial charge in [-0.15, -0.1) is 0 Å². The Morgan fingerprint density at radius 2 is 1.52 bits per heavy atom. The summed E-state index contributed by atoms with van der Waals surface area (Å²) < 4.78 is 0. The summed E-state index contributed by atoms with van der Waals surface area (Å²) in [5, 5.41) is 0.865. The normalized spacial score (nSPS) is 14.4. The molecule has 2 heterocycles. The lowest BCUT2D eigenvalue weighted by atomic mass is 9.91. The summed E-state index contributed by atoms with van der Waals surface area (Å²) in [6.07, 6.45) is 0.775. The Bertz CT molecular complexity index is 1330. The second-order valence-electron chi connectivity index (χ2n) is 8.45. The minimum atomic E-state index is 0.0340. The van der Waals surface area contributed by atoms with E-state index >= 15 is 0 Å². The number of piperazine rings is 1. The number of nitrogens with zero attached hydrogens (tertiary/aromatic N) is 3. The van der Waals surface area contributed by atoms with Crippen molar-refractivity contribution < 1.29 is 9.59 Å². The molecule has 1 fully saturated rings. The highest BCUT2D eigenvalue weighted by Crippen LogP contribution is 2.36. The van der Waals surface area contributed by atoms with E-state index in [0.717, 1.165) is 60.1 Å². The van der Waals surface area contributed by atoms with Crippen LogP contribution in [-0.2, 0) is 0 Å². The maximum atomic E-state index is 13.2. The second-order valence-corrected chi connectivity index (χ2v) is 8.45. The summed E-state index contributed by atoms with van der Waals surface area (Å²) in [7, 11) is 2.07. The number of likely N-dealkylation sites (N-methyl/N-ethyl adjacent to an activating group) is 1. The van der Waals surface area contributed by atoms with Crippen molar-refractivity contribution in [3.8, 4) is 22.3 Å². The Labute approximate surface area is 193 Å². The van der Waals surface area contributed by atoms with E-state index in [4.69, 9.17) is 0 Å². The first-order valence-corrected chi connectivity index (χ1v) is 11.2. The molecule has 0 bridgehead atoms. The Morgan fingerprint density at radius 1 is 0.818 bits per heavy atom. The van der Waals surface area contributed by atoms with Crippen LogP contribution in [0.2, 0.25) is 0 Å². The monoisotopic (exact) mass is 435 g/mol. The van der Waals surface area contributed by atoms with Gasteiger partial charge in [0.1, 0.15) is 5.69 Å². The first-order chi connectivity index (χ1) is 16.1. The predicted molar refractivity (Wildman–Crippen MR) is 131 cm³/mol. The number of aldehydes is 1. The smallest absolute Gasteiger partial charge is 0.253 e. The van der Waals surface area contributed by atoms with Gasteiger partial charge in [-0.05, 0) is 53.6 Å². The van der Waals surface area contributed by atoms with Crippen LogP contribution in [0.4, 0.5) is 0 Å². The van der Waals surface area contributed by atoms with Crippen LogP contribution in [0.15, 0.2) is 78.9 Å². The van der Waals surface area contributed by atoms with Gasteiger partial charge >= 0.3 is 0 Å². The second kappa shape index (κ2) is 8.96. The highest BCUT2D eigenvalue weighted by molar-refractivity contribution is 6.05. The van der Waals surface area contributed by atoms with Crippen LogP contribution in [0.25, 0.3) is 33.2 Å². The minimum Gasteiger partial charge on any atom is -0.336 e. The highest BCUT2D eigenvalue weighted by Gasteiger charge is 2.21. The molecule has 0 radical (unpaired) electrons. The Kier molecular flexibility index (Phi) is 5.71. The zero-order valence-electron chi connectivity index (χ0n) is 18.6. The molecule has 164 valence electrons. The number of rotatable bonds is 4. The van der Waals surface area contributed by atoms with Crippen molar-refractivity contribution in [1.29, 1.82) is 0 Å². The van der Waals surface area contributed by atoms with Gasteiger partial charge in [-0.2, -0.15) is 0 Å². The first kappa shape index (κ1) is 21.0. The molecule has 0 atom stereocenters. The molecule has 1 saturated heterocycles. The van der Waals surface area contributed by atoms with E-state index < -0.39 is 0 Å². The van der Waals surface area contributed by atoms with Gasteiger partial charge in [0, 0.05) is 37.1 Å². The van der Waals surface area contributed by atoms with Crippen LogP contribution < -0.4 is 0 Å². The van der Waals surface area contributed by atoms with E-state index in [1.165, 1.54) is 0 Å². The number of carbonyl (C=O) groups is 2. The maximum absolute atomic E-state index is 13.2. The summed E-state index contributed by atoms with van der Waals surface area (Å²) in [5.41, 5.74) is 5.78. The standard InChI is InChI=1S/C28H25N3O2/c1-30-13-15-31(16-14-30)28(33)21-11-12-27-26(17-21)25(18-22(19-32)29-27)24-10-6-5-9-23(24)20-7-3-2-4-8-20/h2-12,17-19H,13-16H2,1H3. The van der Waals surface area contributed by atoms with E-state index in [-0.39, 0.29) is 5.91 Å². The van der Waals surface area contributed by atoms with Gasteiger partial charge in [-0.1, -0.05) is 54.6 Å². The van der Waals surface area contributed by atoms with Crippen molar-refractivity contribution in [2.45, 2.75) is 0 Å². The van der Waals surface area contributed by atoms with Crippen LogP contribution in [0.5, 0.6) is 0 Å². The van der Waals surface area contributed by atoms with E-state index in [0.29, 0.717) is 16.8 Å². The largest absolute Gasteiger partial charge is 0.336 e. The molecular weight excluding hydrogens is 410 g/mol. The molecule has 5 heteroatoms. The molecule has 0 aliphatic carbocycles. The van der Waals surface area contributed by atoms with Gasteiger partial charge in [0.15, 0.2) is 6.29 Å². The van der Waals surface area contributed by atoms with Crippen molar-refractivity contribution in [2.24, 2.45) is 0 Å². The fourth-order valence-corrected chi connectivity index (χ4v) is 4.44. The van der Waals surface area contributed by atoms with Crippen molar-refractivity contribution in [3.05, 3.63) is 90.1 Å². The van der Waals surface area contributed by atoms with Crippen LogP contribution in [0.1, 0.15) is 20.8 Å². The van der Waals surface area contributed by atoms with Crippen LogP contribution in [0.3, 0.4) is 0 Å². The summed E-state index contributed by atoms with van der Waals surface area (Å²) in [6.45, 7) is 3.19. The third-order valence-electron chi connectivity index (χ3n) is 6.29. The lowest BCUT2D eigenvalue weighted by Gasteiger charge is -2.32. The Balaban J connectivity index is 1.66. The average Bonchev–Trinajstić information content (AvgIpc) is 2.88. The average molecular weight is 436 g/mol. The number of pyridine rings is 1. The molecule has 33 heavy (non-hydrogen) atoms. The molecule has 0 unspecified atom stereocenters. The van der Waals surface area contributed by atoms with E-state index in [2.05, 4.69) is 41.2 Å². The number of benzene rings is 3. The van der Waals surface area contributed by atoms with Crippen molar-refractivity contribution >= 4 is 23.1 Å². The first-order valence-electron chi connectivity index (χ1n) is 11.2. The summed E-state index contributed by atoms with van der Waals surface area (Å²) in [4.78, 5) is 33.6. The molecule has 1 amide bonds. The van der Waals surface area contributed by atoms with E-state index in [1.54, 1.807) is 0 Å². The lowest BCUT2D eigenvalue weighted by Crippen LogP contribution is -2.47. The summed E-state index contributed by atoms with van der Waals surface area (Å²) in [6, 6.07) is 25.7. The molecule has 1 aromatic heterocycles. The molecular formula is C28H25N3O2. The number of fused-ring (bicyclic) bond motifs is 1. The number of aromatic nitrogens is 1. The van der Waals surface area contributed by atoms with Gasteiger partial charge in [0.05, 0.1) is 5.52 Å². The number of amides is 1. The molecule has 0 N–H and O–H groups in total. The van der Waals surface area contributed by atoms with Crippen molar-refractivity contribution in [1.82, 2.24) is 14.8 Å². The Morgan fingerprint density at radius 3 is 2.24 bits per heavy atom. The molecule has 1 aliphatic heterocycles. The van der Waals surface area contributed by atoms with Crippen LogP contribution in [0, 0.1) is 0 Å². The quantitative estimate of drug-likeness (QED) is 0.434. The fraction of sp³-hybridized carbons (Fsp3) is 0.179. The third-order valence-corrected chi connectivity index (χ3v) is 6.29. The van der Waals surface area contributed by atoms with Crippen molar-refractivity contribution in [2.75, 3.05) is 33.2 Å². The van der Waals surface area contributed by atoms with Gasteiger partial charge in [-0.25, -0.2) is 4.98 Å². The van der Waals surface area contributed by atoms with Gasteiger partial charge in [0.2, 0.25) is 0 Å². The molecule has 5 rings (SSSR count). The number of hydrogen-bond donors (Lipinski definition) is 0. The van der Waals surface area contributed by atoms with Gasteiger partial charge in [-0.3, -0.25) is 9.59 Å². The van der Waals surface area contributed by atoms with E-state index in [9.17, 15) is 9.59 Å². The van der Waals surface area contributed by atoms with Crippen LogP contribution in [-0.4, -0.2) is 60.2 Å². The zero-order chi connectivity index (χ0) is 22.8. The zero-order valence-corrected chi connectivity index (χ0v) is 18.6. The molecule has 1 aliphatic rings. The SMILES string of the molecule is CN1CCN(C(=O)c2ccc3nc(C=O)cc(-c4ccccc4-c4ccccc4)c3c2)CC1. The molecule has 0 spiro atoms. The summed E-state index contributed by atoms with van der Waals surface area (Å²) in [5.74, 6) is 0.0340. The molecule has 0 saturated carbocycles. The van der Waals surface area contributed by atoms with Gasteiger partial charge in [0.25, 0.3) is 5.91 Å². The van der Waals surface area contributed by atoms with E-state index in [1.807, 2.05) is 59.5 Å². The maximum Gasteiger partial charge on any atom is 0.253 e. The van der Waals surface area contributed by atoms with Crippen LogP contribution >= 0.6 is 0 Å².